The van der Waals surface area contributed by atoms with Crippen molar-refractivity contribution in [2.24, 2.45) is 0 Å². The number of benzene rings is 1. The summed E-state index contributed by atoms with van der Waals surface area (Å²) in [5.74, 6) is 1.43. The Morgan fingerprint density at radius 1 is 1.00 bits per heavy atom. The molecule has 5 aromatic rings. The Bertz CT molecular complexity index is 1480. The second-order valence-corrected chi connectivity index (χ2v) is 8.70. The molecule has 0 fully saturated rings. The molecule has 0 atom stereocenters. The molecule has 5 nitrogen and oxygen atoms in total. The van der Waals surface area contributed by atoms with Crippen molar-refractivity contribution in [3.8, 4) is 11.3 Å². The molecule has 4 heterocycles. The van der Waals surface area contributed by atoms with Crippen LogP contribution in [0.15, 0.2) is 76.0 Å². The molecule has 6 rings (SSSR count). The minimum absolute atomic E-state index is 0.0944. The topological polar surface area (TPSA) is 82.3 Å². The van der Waals surface area contributed by atoms with Crippen LogP contribution in [0.1, 0.15) is 38.7 Å². The van der Waals surface area contributed by atoms with E-state index in [4.69, 9.17) is 19.6 Å². The summed E-state index contributed by atoms with van der Waals surface area (Å²) in [6.45, 7) is 0. The van der Waals surface area contributed by atoms with Crippen LogP contribution in [0.3, 0.4) is 0 Å². The van der Waals surface area contributed by atoms with Crippen LogP contribution in [0.2, 0.25) is 0 Å². The van der Waals surface area contributed by atoms with Crippen molar-refractivity contribution < 1.29 is 13.6 Å². The molecule has 6 heteroatoms. The Hall–Kier alpha value is -3.90. The first-order chi connectivity index (χ1) is 15.7. The summed E-state index contributed by atoms with van der Waals surface area (Å²) in [6.07, 6.45) is 7.02. The number of allylic oxidation sites excluding steroid dienone is 1. The highest BCUT2D eigenvalue weighted by molar-refractivity contribution is 7.21. The number of nitrogens with zero attached hydrogens (tertiary/aromatic N) is 1. The summed E-state index contributed by atoms with van der Waals surface area (Å²) < 4.78 is 11.3. The van der Waals surface area contributed by atoms with Crippen molar-refractivity contribution in [2.45, 2.75) is 12.8 Å². The number of aromatic nitrogens is 1. The van der Waals surface area contributed by atoms with Crippen molar-refractivity contribution in [3.63, 3.8) is 0 Å². The van der Waals surface area contributed by atoms with E-state index in [-0.39, 0.29) is 5.78 Å². The smallest absolute Gasteiger partial charge is 0.205 e. The number of carbonyl (C=O) groups is 1. The lowest BCUT2D eigenvalue weighted by atomic mass is 9.99. The Morgan fingerprint density at radius 3 is 2.56 bits per heavy atom. The van der Waals surface area contributed by atoms with Crippen LogP contribution in [-0.2, 0) is 6.42 Å². The number of carbonyl (C=O) groups excluding carboxylic acids is 1. The van der Waals surface area contributed by atoms with Crippen LogP contribution in [0.5, 0.6) is 0 Å². The zero-order valence-electron chi connectivity index (χ0n) is 17.0. The lowest BCUT2D eigenvalue weighted by Crippen LogP contribution is -2.02. The highest BCUT2D eigenvalue weighted by Gasteiger charge is 2.30. The lowest BCUT2D eigenvalue weighted by molar-refractivity contribution is 0.104. The molecule has 32 heavy (non-hydrogen) atoms. The van der Waals surface area contributed by atoms with Gasteiger partial charge in [0.05, 0.1) is 23.9 Å². The molecule has 0 unspecified atom stereocenters. The van der Waals surface area contributed by atoms with E-state index in [1.165, 1.54) is 11.3 Å². The van der Waals surface area contributed by atoms with Crippen molar-refractivity contribution in [2.75, 3.05) is 5.73 Å². The average molecular weight is 439 g/mol. The maximum atomic E-state index is 13.2. The minimum atomic E-state index is -0.0944. The van der Waals surface area contributed by atoms with Gasteiger partial charge in [-0.15, -0.1) is 11.3 Å². The van der Waals surface area contributed by atoms with Crippen molar-refractivity contribution >= 4 is 44.7 Å². The zero-order chi connectivity index (χ0) is 21.7. The molecule has 1 aliphatic carbocycles. The Morgan fingerprint density at radius 2 is 1.81 bits per heavy atom. The predicted octanol–water partition coefficient (Wildman–Crippen LogP) is 6.45. The summed E-state index contributed by atoms with van der Waals surface area (Å²) in [4.78, 5) is 19.4. The van der Waals surface area contributed by atoms with Gasteiger partial charge in [0.25, 0.3) is 0 Å². The molecule has 2 N–H and O–H groups in total. The number of anilines is 1. The van der Waals surface area contributed by atoms with Gasteiger partial charge in [0.2, 0.25) is 5.78 Å². The van der Waals surface area contributed by atoms with Crippen LogP contribution in [0.4, 0.5) is 5.69 Å². The number of rotatable bonds is 4. The molecule has 0 saturated heterocycles. The summed E-state index contributed by atoms with van der Waals surface area (Å²) in [5, 5.41) is 0.794. The largest absolute Gasteiger partial charge is 0.465 e. The van der Waals surface area contributed by atoms with Crippen LogP contribution in [-0.4, -0.2) is 10.8 Å². The van der Waals surface area contributed by atoms with E-state index in [1.54, 1.807) is 24.7 Å². The monoisotopic (exact) mass is 438 g/mol. The van der Waals surface area contributed by atoms with E-state index in [0.29, 0.717) is 16.1 Å². The third-order valence-corrected chi connectivity index (χ3v) is 6.89. The van der Waals surface area contributed by atoms with Crippen LogP contribution in [0.25, 0.3) is 33.2 Å². The number of fused-ring (bicyclic) bond motifs is 2. The van der Waals surface area contributed by atoms with Crippen LogP contribution in [0, 0.1) is 0 Å². The van der Waals surface area contributed by atoms with Crippen molar-refractivity contribution in [1.29, 1.82) is 0 Å². The molecule has 0 spiro atoms. The first-order valence-electron chi connectivity index (χ1n) is 10.3. The molecule has 4 aromatic heterocycles. The first kappa shape index (κ1) is 18.8. The Balaban J connectivity index is 1.60. The summed E-state index contributed by atoms with van der Waals surface area (Å²) in [6, 6.07) is 16.8. The SMILES string of the molecule is Nc1c(C(=O)c2ccccc2)sc2nc3c(c(-c4ccco4)c12)CCC3=Cc1ccco1. The minimum Gasteiger partial charge on any atom is -0.465 e. The van der Waals surface area contributed by atoms with Crippen LogP contribution < -0.4 is 5.73 Å². The molecule has 0 amide bonds. The van der Waals surface area contributed by atoms with Gasteiger partial charge in [-0.05, 0) is 54.3 Å². The molecule has 0 bridgehead atoms. The third-order valence-electron chi connectivity index (χ3n) is 5.80. The number of thiophene rings is 1. The van der Waals surface area contributed by atoms with E-state index < -0.39 is 0 Å². The number of nitrogen functional groups attached to an aromatic ring is 1. The number of furan rings is 2. The van der Waals surface area contributed by atoms with Gasteiger partial charge in [-0.25, -0.2) is 4.98 Å². The molecular formula is C26H18N2O3S. The molecule has 156 valence electrons. The molecule has 0 radical (unpaired) electrons. The lowest BCUT2D eigenvalue weighted by Gasteiger charge is -2.09. The second-order valence-electron chi connectivity index (χ2n) is 7.70. The maximum Gasteiger partial charge on any atom is 0.205 e. The third kappa shape index (κ3) is 2.92. The maximum absolute atomic E-state index is 13.2. The van der Waals surface area contributed by atoms with E-state index in [2.05, 4.69) is 0 Å². The average Bonchev–Trinajstić information content (AvgIpc) is 3.62. The van der Waals surface area contributed by atoms with Gasteiger partial charge in [0.1, 0.15) is 21.2 Å². The van der Waals surface area contributed by atoms with Crippen molar-refractivity contribution in [1.82, 2.24) is 4.98 Å². The molecule has 0 aliphatic heterocycles. The summed E-state index contributed by atoms with van der Waals surface area (Å²) in [5.41, 5.74) is 11.7. The molecule has 1 aliphatic rings. The second kappa shape index (κ2) is 7.35. The van der Waals surface area contributed by atoms with Gasteiger partial charge < -0.3 is 14.6 Å². The van der Waals surface area contributed by atoms with E-state index in [0.717, 1.165) is 57.0 Å². The molecule has 0 saturated carbocycles. The molecular weight excluding hydrogens is 420 g/mol. The summed E-state index contributed by atoms with van der Waals surface area (Å²) in [7, 11) is 0. The normalized spacial score (nSPS) is 14.3. The number of hydrogen-bond acceptors (Lipinski definition) is 6. The fourth-order valence-corrected chi connectivity index (χ4v) is 5.41. The van der Waals surface area contributed by atoms with Gasteiger partial charge in [0.15, 0.2) is 0 Å². The number of nitrogens with two attached hydrogens (primary N) is 1. The molecule has 1 aromatic carbocycles. The first-order valence-corrected chi connectivity index (χ1v) is 11.2. The van der Waals surface area contributed by atoms with Gasteiger partial charge in [-0.1, -0.05) is 30.3 Å². The van der Waals surface area contributed by atoms with Gasteiger partial charge in [-0.3, -0.25) is 4.79 Å². The highest BCUT2D eigenvalue weighted by Crippen LogP contribution is 2.47. The fraction of sp³-hybridized carbons (Fsp3) is 0.0769. The van der Waals surface area contributed by atoms with Gasteiger partial charge in [0, 0.05) is 16.5 Å². The Labute approximate surface area is 187 Å². The zero-order valence-corrected chi connectivity index (χ0v) is 17.8. The summed E-state index contributed by atoms with van der Waals surface area (Å²) >= 11 is 1.34. The van der Waals surface area contributed by atoms with Crippen LogP contribution >= 0.6 is 11.3 Å². The van der Waals surface area contributed by atoms with Crippen molar-refractivity contribution in [3.05, 3.63) is 94.6 Å². The van der Waals surface area contributed by atoms with Gasteiger partial charge in [-0.2, -0.15) is 0 Å². The number of ketones is 1. The quantitative estimate of drug-likeness (QED) is 0.326. The van der Waals surface area contributed by atoms with E-state index in [9.17, 15) is 4.79 Å². The predicted molar refractivity (Wildman–Crippen MR) is 127 cm³/mol. The Kier molecular flexibility index (Phi) is 4.33. The number of hydrogen-bond donors (Lipinski definition) is 1. The number of pyridine rings is 1. The van der Waals surface area contributed by atoms with E-state index >= 15 is 0 Å². The van der Waals surface area contributed by atoms with Gasteiger partial charge >= 0.3 is 0 Å². The van der Waals surface area contributed by atoms with E-state index in [1.807, 2.05) is 48.5 Å². The fourth-order valence-electron chi connectivity index (χ4n) is 4.34. The highest BCUT2D eigenvalue weighted by atomic mass is 32.1. The standard InChI is InChI=1S/C26H18N2O3S/c27-22-21-20(19-9-5-13-31-19)18-11-10-16(14-17-8-4-12-30-17)23(18)28-26(21)32-25(22)24(29)15-6-2-1-3-7-15/h1-9,12-14H,10-11,27H2.